The predicted octanol–water partition coefficient (Wildman–Crippen LogP) is 3.12. The third-order valence-corrected chi connectivity index (χ3v) is 5.63. The fraction of sp³-hybridized carbons (Fsp3) is 0.353. The molecule has 3 amide bonds. The summed E-state index contributed by atoms with van der Waals surface area (Å²) in [6.07, 6.45) is 3.59. The maximum absolute atomic E-state index is 12.5. The molecule has 2 aliphatic rings. The summed E-state index contributed by atoms with van der Waals surface area (Å²) in [5, 5.41) is -0.406. The SMILES string of the molecule is COc1ccc(/C=C2\SC(=O)N(CC(=O)N3CCCC3)C2=O)cc1Br. The quantitative estimate of drug-likeness (QED) is 0.694. The van der Waals surface area contributed by atoms with E-state index in [-0.39, 0.29) is 12.5 Å². The zero-order valence-electron chi connectivity index (χ0n) is 13.7. The van der Waals surface area contributed by atoms with Gasteiger partial charge in [0.1, 0.15) is 12.3 Å². The van der Waals surface area contributed by atoms with Gasteiger partial charge in [0.2, 0.25) is 5.91 Å². The van der Waals surface area contributed by atoms with E-state index >= 15 is 0 Å². The van der Waals surface area contributed by atoms with Crippen LogP contribution in [-0.4, -0.2) is 53.6 Å². The van der Waals surface area contributed by atoms with E-state index in [0.717, 1.165) is 39.5 Å². The summed E-state index contributed by atoms with van der Waals surface area (Å²) in [5.41, 5.74) is 0.768. The zero-order valence-corrected chi connectivity index (χ0v) is 16.1. The van der Waals surface area contributed by atoms with Gasteiger partial charge in [0.15, 0.2) is 0 Å². The van der Waals surface area contributed by atoms with Crippen molar-refractivity contribution in [3.63, 3.8) is 0 Å². The second-order valence-electron chi connectivity index (χ2n) is 5.75. The monoisotopic (exact) mass is 424 g/mol. The van der Waals surface area contributed by atoms with Gasteiger partial charge in [-0.3, -0.25) is 19.3 Å². The molecular weight excluding hydrogens is 408 g/mol. The molecule has 0 spiro atoms. The van der Waals surface area contributed by atoms with Crippen molar-refractivity contribution < 1.29 is 19.1 Å². The van der Waals surface area contributed by atoms with Crippen molar-refractivity contribution >= 4 is 50.8 Å². The fourth-order valence-corrected chi connectivity index (χ4v) is 4.16. The summed E-state index contributed by atoms with van der Waals surface area (Å²) in [6, 6.07) is 5.38. The van der Waals surface area contributed by atoms with Gasteiger partial charge >= 0.3 is 0 Å². The first-order valence-corrected chi connectivity index (χ1v) is 9.47. The molecule has 1 aromatic carbocycles. The van der Waals surface area contributed by atoms with Gasteiger partial charge in [-0.2, -0.15) is 0 Å². The Kier molecular flexibility index (Phi) is 5.48. The molecule has 1 aromatic rings. The lowest BCUT2D eigenvalue weighted by Gasteiger charge is -2.18. The average Bonchev–Trinajstić information content (AvgIpc) is 3.20. The molecule has 132 valence electrons. The van der Waals surface area contributed by atoms with Gasteiger partial charge in [0.25, 0.3) is 11.1 Å². The van der Waals surface area contributed by atoms with Crippen LogP contribution in [0.3, 0.4) is 0 Å². The number of likely N-dealkylation sites (tertiary alicyclic amines) is 1. The minimum Gasteiger partial charge on any atom is -0.496 e. The Labute approximate surface area is 158 Å². The van der Waals surface area contributed by atoms with Crippen LogP contribution in [0.1, 0.15) is 18.4 Å². The minimum absolute atomic E-state index is 0.173. The molecule has 0 aromatic heterocycles. The van der Waals surface area contributed by atoms with Gasteiger partial charge in [-0.15, -0.1) is 0 Å². The Morgan fingerprint density at radius 1 is 1.32 bits per heavy atom. The van der Waals surface area contributed by atoms with Crippen molar-refractivity contribution in [2.75, 3.05) is 26.7 Å². The molecule has 25 heavy (non-hydrogen) atoms. The van der Waals surface area contributed by atoms with Gasteiger partial charge in [-0.1, -0.05) is 6.07 Å². The number of carbonyl (C=O) groups excluding carboxylic acids is 3. The van der Waals surface area contributed by atoms with Crippen LogP contribution in [0, 0.1) is 0 Å². The highest BCUT2D eigenvalue weighted by molar-refractivity contribution is 9.10. The summed E-state index contributed by atoms with van der Waals surface area (Å²) in [7, 11) is 1.57. The van der Waals surface area contributed by atoms with E-state index in [1.54, 1.807) is 30.2 Å². The zero-order chi connectivity index (χ0) is 18.0. The van der Waals surface area contributed by atoms with Crippen molar-refractivity contribution in [2.45, 2.75) is 12.8 Å². The lowest BCUT2D eigenvalue weighted by atomic mass is 10.2. The summed E-state index contributed by atoms with van der Waals surface area (Å²) in [5.74, 6) is 0.0872. The number of amides is 3. The Hall–Kier alpha value is -1.80. The van der Waals surface area contributed by atoms with Crippen LogP contribution in [0.15, 0.2) is 27.6 Å². The number of hydrogen-bond acceptors (Lipinski definition) is 5. The normalized spacial score (nSPS) is 19.2. The highest BCUT2D eigenvalue weighted by Crippen LogP contribution is 2.33. The number of hydrogen-bond donors (Lipinski definition) is 0. The van der Waals surface area contributed by atoms with Crippen molar-refractivity contribution in [3.05, 3.63) is 33.1 Å². The van der Waals surface area contributed by atoms with Crippen LogP contribution in [0.5, 0.6) is 5.75 Å². The number of carbonyl (C=O) groups is 3. The van der Waals surface area contributed by atoms with Crippen LogP contribution < -0.4 is 4.74 Å². The van der Waals surface area contributed by atoms with E-state index in [1.807, 2.05) is 6.07 Å². The minimum atomic E-state index is -0.422. The van der Waals surface area contributed by atoms with Crippen LogP contribution >= 0.6 is 27.7 Å². The van der Waals surface area contributed by atoms with Crippen molar-refractivity contribution in [3.8, 4) is 5.75 Å². The molecule has 2 fully saturated rings. The molecule has 0 bridgehead atoms. The first-order chi connectivity index (χ1) is 12.0. The maximum Gasteiger partial charge on any atom is 0.294 e. The van der Waals surface area contributed by atoms with Gasteiger partial charge in [0.05, 0.1) is 16.5 Å². The summed E-state index contributed by atoms with van der Waals surface area (Å²) in [4.78, 5) is 39.9. The number of methoxy groups -OCH3 is 1. The maximum atomic E-state index is 12.5. The molecule has 2 heterocycles. The number of benzene rings is 1. The first kappa shape index (κ1) is 18.0. The molecule has 3 rings (SSSR count). The summed E-state index contributed by atoms with van der Waals surface area (Å²) in [6.45, 7) is 1.21. The van der Waals surface area contributed by atoms with E-state index in [0.29, 0.717) is 23.7 Å². The Bertz CT molecular complexity index is 759. The standard InChI is InChI=1S/C17H17BrN2O4S/c1-24-13-5-4-11(8-12(13)18)9-14-16(22)20(17(23)25-14)10-15(21)19-6-2-3-7-19/h4-5,8-9H,2-3,6-7,10H2,1H3/b14-9-. The Morgan fingerprint density at radius 3 is 2.68 bits per heavy atom. The molecule has 0 N–H and O–H groups in total. The van der Waals surface area contributed by atoms with Gasteiger partial charge in [-0.25, -0.2) is 0 Å². The smallest absolute Gasteiger partial charge is 0.294 e. The molecule has 0 saturated carbocycles. The predicted molar refractivity (Wildman–Crippen MR) is 99.2 cm³/mol. The highest BCUT2D eigenvalue weighted by atomic mass is 79.9. The van der Waals surface area contributed by atoms with E-state index in [4.69, 9.17) is 4.74 Å². The Morgan fingerprint density at radius 2 is 2.04 bits per heavy atom. The van der Waals surface area contributed by atoms with E-state index in [2.05, 4.69) is 15.9 Å². The molecule has 2 aliphatic heterocycles. The average molecular weight is 425 g/mol. The number of ether oxygens (including phenoxy) is 1. The topological polar surface area (TPSA) is 66.9 Å². The number of imide groups is 1. The van der Waals surface area contributed by atoms with Crippen LogP contribution in [-0.2, 0) is 9.59 Å². The summed E-state index contributed by atoms with van der Waals surface area (Å²) < 4.78 is 5.93. The van der Waals surface area contributed by atoms with Crippen molar-refractivity contribution in [1.82, 2.24) is 9.80 Å². The van der Waals surface area contributed by atoms with Crippen LogP contribution in [0.25, 0.3) is 6.08 Å². The third kappa shape index (κ3) is 3.90. The molecule has 0 atom stereocenters. The molecule has 2 saturated heterocycles. The highest BCUT2D eigenvalue weighted by Gasteiger charge is 2.37. The number of nitrogens with zero attached hydrogens (tertiary/aromatic N) is 2. The van der Waals surface area contributed by atoms with Crippen LogP contribution in [0.4, 0.5) is 4.79 Å². The van der Waals surface area contributed by atoms with Crippen LogP contribution in [0.2, 0.25) is 0 Å². The van der Waals surface area contributed by atoms with Gasteiger partial charge < -0.3 is 9.64 Å². The number of thioether (sulfide) groups is 1. The largest absolute Gasteiger partial charge is 0.496 e. The molecule has 8 heteroatoms. The lowest BCUT2D eigenvalue weighted by molar-refractivity contribution is -0.135. The van der Waals surface area contributed by atoms with E-state index in [9.17, 15) is 14.4 Å². The van der Waals surface area contributed by atoms with Crippen molar-refractivity contribution in [2.24, 2.45) is 0 Å². The Balaban J connectivity index is 1.74. The summed E-state index contributed by atoms with van der Waals surface area (Å²) >= 11 is 4.25. The first-order valence-electron chi connectivity index (χ1n) is 7.86. The molecular formula is C17H17BrN2O4S. The van der Waals surface area contributed by atoms with E-state index in [1.165, 1.54) is 0 Å². The van der Waals surface area contributed by atoms with Gasteiger partial charge in [-0.05, 0) is 64.3 Å². The molecule has 0 unspecified atom stereocenters. The van der Waals surface area contributed by atoms with E-state index < -0.39 is 11.1 Å². The molecule has 0 aliphatic carbocycles. The number of rotatable bonds is 4. The third-order valence-electron chi connectivity index (χ3n) is 4.10. The van der Waals surface area contributed by atoms with Crippen molar-refractivity contribution in [1.29, 1.82) is 0 Å². The lowest BCUT2D eigenvalue weighted by Crippen LogP contribution is -2.40. The number of halogens is 1. The second-order valence-corrected chi connectivity index (χ2v) is 7.60. The molecule has 6 nitrogen and oxygen atoms in total. The molecule has 0 radical (unpaired) electrons. The van der Waals surface area contributed by atoms with Gasteiger partial charge in [0, 0.05) is 13.1 Å². The second kappa shape index (κ2) is 7.61. The fourth-order valence-electron chi connectivity index (χ4n) is 2.76.